The molecule has 0 bridgehead atoms. The van der Waals surface area contributed by atoms with Crippen LogP contribution in [0.25, 0.3) is 0 Å². The zero-order valence-electron chi connectivity index (χ0n) is 16.3. The fourth-order valence-corrected chi connectivity index (χ4v) is 3.12. The van der Waals surface area contributed by atoms with E-state index in [1.807, 2.05) is 6.26 Å². The minimum absolute atomic E-state index is 0.193. The molecule has 0 aliphatic carbocycles. The average molecular weight is 453 g/mol. The lowest BCUT2D eigenvalue weighted by molar-refractivity contribution is -0.147. The van der Waals surface area contributed by atoms with Gasteiger partial charge in [0.1, 0.15) is 18.1 Å². The second-order valence-electron chi connectivity index (χ2n) is 5.95. The summed E-state index contributed by atoms with van der Waals surface area (Å²) in [6.07, 6.45) is 3.34. The lowest BCUT2D eigenvalue weighted by Gasteiger charge is -2.24. The van der Waals surface area contributed by atoms with Gasteiger partial charge in [-0.25, -0.2) is 4.79 Å². The van der Waals surface area contributed by atoms with Gasteiger partial charge in [0.05, 0.1) is 13.0 Å². The summed E-state index contributed by atoms with van der Waals surface area (Å²) in [6.45, 7) is -0.297. The van der Waals surface area contributed by atoms with Crippen molar-refractivity contribution in [2.75, 3.05) is 30.6 Å². The van der Waals surface area contributed by atoms with E-state index in [0.717, 1.165) is 0 Å². The van der Waals surface area contributed by atoms with Gasteiger partial charge in [-0.15, -0.1) is 0 Å². The molecule has 3 atom stereocenters. The Hall–Kier alpha value is -1.99. The molecule has 11 nitrogen and oxygen atoms in total. The normalized spacial score (nSPS) is 13.6. The second kappa shape index (κ2) is 14.9. The highest BCUT2D eigenvalue weighted by Crippen LogP contribution is 2.06. The zero-order valence-corrected chi connectivity index (χ0v) is 17.9. The second-order valence-corrected chi connectivity index (χ2v) is 7.92. The zero-order chi connectivity index (χ0) is 22.4. The lowest BCUT2D eigenvalue weighted by Crippen LogP contribution is -2.56. The first-order valence-electron chi connectivity index (χ1n) is 8.68. The smallest absolute Gasteiger partial charge is 0.326 e. The van der Waals surface area contributed by atoms with Gasteiger partial charge in [0, 0.05) is 0 Å². The first kappa shape index (κ1) is 27.0. The molecule has 0 spiro atoms. The molecular formula is C16H28N4O7S2. The average Bonchev–Trinajstić information content (AvgIpc) is 2.66. The minimum Gasteiger partial charge on any atom is -0.481 e. The van der Waals surface area contributed by atoms with Gasteiger partial charge in [0.2, 0.25) is 17.7 Å². The maximum atomic E-state index is 12.6. The molecule has 0 fully saturated rings. The van der Waals surface area contributed by atoms with Crippen LogP contribution in [0.3, 0.4) is 0 Å². The molecule has 13 heteroatoms. The first-order chi connectivity index (χ1) is 13.7. The van der Waals surface area contributed by atoms with Crippen LogP contribution in [0, 0.1) is 0 Å². The van der Waals surface area contributed by atoms with Gasteiger partial charge in [0.25, 0.3) is 0 Å². The number of carboxylic acids is 2. The summed E-state index contributed by atoms with van der Waals surface area (Å²) in [5.74, 6) is -3.76. The minimum atomic E-state index is -1.63. The lowest BCUT2D eigenvalue weighted by atomic mass is 10.1. The highest BCUT2D eigenvalue weighted by Gasteiger charge is 2.30. The van der Waals surface area contributed by atoms with Crippen LogP contribution in [0.1, 0.15) is 19.3 Å². The Kier molecular flexibility index (Phi) is 13.9. The summed E-state index contributed by atoms with van der Waals surface area (Å²) in [6, 6.07) is -3.62. The van der Waals surface area contributed by atoms with Gasteiger partial charge in [-0.1, -0.05) is 0 Å². The van der Waals surface area contributed by atoms with E-state index < -0.39 is 54.2 Å². The van der Waals surface area contributed by atoms with Crippen molar-refractivity contribution in [3.63, 3.8) is 0 Å². The van der Waals surface area contributed by atoms with Crippen LogP contribution in [-0.4, -0.2) is 88.6 Å². The van der Waals surface area contributed by atoms with Crippen molar-refractivity contribution in [2.24, 2.45) is 5.73 Å². The largest absolute Gasteiger partial charge is 0.481 e. The highest BCUT2D eigenvalue weighted by atomic mass is 32.2. The van der Waals surface area contributed by atoms with Crippen LogP contribution >= 0.6 is 23.5 Å². The highest BCUT2D eigenvalue weighted by molar-refractivity contribution is 7.98. The molecule has 0 aliphatic heterocycles. The summed E-state index contributed by atoms with van der Waals surface area (Å²) >= 11 is 2.89. The summed E-state index contributed by atoms with van der Waals surface area (Å²) in [7, 11) is 0. The number of hydrogen-bond acceptors (Lipinski definition) is 8. The Morgan fingerprint density at radius 2 is 1.28 bits per heavy atom. The number of aliphatic carboxylic acids is 2. The topological polar surface area (TPSA) is 188 Å². The monoisotopic (exact) mass is 452 g/mol. The predicted octanol–water partition coefficient (Wildman–Crippen LogP) is -1.53. The Morgan fingerprint density at radius 3 is 1.66 bits per heavy atom. The number of carboxylic acid groups (broad SMARTS) is 2. The Morgan fingerprint density at radius 1 is 0.828 bits per heavy atom. The molecule has 0 aromatic carbocycles. The molecule has 0 saturated carbocycles. The summed E-state index contributed by atoms with van der Waals surface area (Å²) in [4.78, 5) is 58.6. The standard InChI is InChI=1S/C16H28N4O7S2/c1-28-5-3-9(18-12(21)8-17)14(24)19-10(4-6-29-2)15(25)20-11(16(26)27)7-13(22)23/h9-11H,3-8,17H2,1-2H3,(H,18,21)(H,19,24)(H,20,25)(H,22,23)(H,26,27). The number of thioether (sulfide) groups is 2. The van der Waals surface area contributed by atoms with Gasteiger partial charge in [-0.3, -0.25) is 19.2 Å². The van der Waals surface area contributed by atoms with Gasteiger partial charge in [0.15, 0.2) is 0 Å². The molecule has 0 aromatic rings. The van der Waals surface area contributed by atoms with Crippen molar-refractivity contribution in [1.29, 1.82) is 0 Å². The van der Waals surface area contributed by atoms with Crippen LogP contribution in [-0.2, 0) is 24.0 Å². The van der Waals surface area contributed by atoms with E-state index in [4.69, 9.17) is 15.9 Å². The number of nitrogens with two attached hydrogens (primary N) is 1. The van der Waals surface area contributed by atoms with Crippen molar-refractivity contribution in [2.45, 2.75) is 37.4 Å². The van der Waals surface area contributed by atoms with E-state index in [9.17, 15) is 24.0 Å². The van der Waals surface area contributed by atoms with Gasteiger partial charge < -0.3 is 31.9 Å². The summed E-state index contributed by atoms with van der Waals surface area (Å²) in [5.41, 5.74) is 5.27. The van der Waals surface area contributed by atoms with E-state index in [1.165, 1.54) is 23.5 Å². The van der Waals surface area contributed by atoms with Gasteiger partial charge in [-0.2, -0.15) is 23.5 Å². The van der Waals surface area contributed by atoms with Crippen molar-refractivity contribution in [3.8, 4) is 0 Å². The molecule has 0 radical (unpaired) electrons. The maximum Gasteiger partial charge on any atom is 0.326 e. The number of rotatable bonds is 15. The van der Waals surface area contributed by atoms with Crippen LogP contribution in [0.2, 0.25) is 0 Å². The van der Waals surface area contributed by atoms with E-state index >= 15 is 0 Å². The Balaban J connectivity index is 5.27. The number of carbonyl (C=O) groups is 5. The fraction of sp³-hybridized carbons (Fsp3) is 0.688. The third kappa shape index (κ3) is 11.6. The van der Waals surface area contributed by atoms with Crippen molar-refractivity contribution < 1.29 is 34.2 Å². The van der Waals surface area contributed by atoms with Gasteiger partial charge in [-0.05, 0) is 36.9 Å². The molecule has 0 heterocycles. The van der Waals surface area contributed by atoms with Crippen molar-refractivity contribution >= 4 is 53.2 Å². The molecule has 3 amide bonds. The van der Waals surface area contributed by atoms with Crippen molar-refractivity contribution in [3.05, 3.63) is 0 Å². The molecule has 3 unspecified atom stereocenters. The van der Waals surface area contributed by atoms with Crippen LogP contribution in [0.5, 0.6) is 0 Å². The van der Waals surface area contributed by atoms with Crippen molar-refractivity contribution in [1.82, 2.24) is 16.0 Å². The fourth-order valence-electron chi connectivity index (χ4n) is 2.18. The third-order valence-corrected chi connectivity index (χ3v) is 4.97. The molecule has 0 aliphatic rings. The number of hydrogen-bond donors (Lipinski definition) is 6. The number of nitrogens with one attached hydrogen (secondary N) is 3. The third-order valence-electron chi connectivity index (χ3n) is 3.68. The van der Waals surface area contributed by atoms with E-state index in [2.05, 4.69) is 16.0 Å². The van der Waals surface area contributed by atoms with E-state index in [1.54, 1.807) is 6.26 Å². The van der Waals surface area contributed by atoms with E-state index in [-0.39, 0.29) is 13.0 Å². The summed E-state index contributed by atoms with van der Waals surface area (Å²) in [5, 5.41) is 25.0. The molecule has 0 saturated heterocycles. The molecular weight excluding hydrogens is 424 g/mol. The SMILES string of the molecule is CSCCC(NC(=O)CN)C(=O)NC(CCSC)C(=O)NC(CC(=O)O)C(=O)O. The first-order valence-corrected chi connectivity index (χ1v) is 11.5. The van der Waals surface area contributed by atoms with Gasteiger partial charge >= 0.3 is 11.9 Å². The van der Waals surface area contributed by atoms with Crippen LogP contribution in [0.4, 0.5) is 0 Å². The molecule has 29 heavy (non-hydrogen) atoms. The van der Waals surface area contributed by atoms with Crippen LogP contribution < -0.4 is 21.7 Å². The predicted molar refractivity (Wildman–Crippen MR) is 111 cm³/mol. The molecule has 0 aromatic heterocycles. The number of carbonyl (C=O) groups excluding carboxylic acids is 3. The molecule has 7 N–H and O–H groups in total. The quantitative estimate of drug-likeness (QED) is 0.170. The Labute approximate surface area is 177 Å². The molecule has 0 rings (SSSR count). The van der Waals surface area contributed by atoms with Crippen LogP contribution in [0.15, 0.2) is 0 Å². The Bertz CT molecular complexity index is 592. The van der Waals surface area contributed by atoms with E-state index in [0.29, 0.717) is 17.9 Å². The number of amides is 3. The maximum absolute atomic E-state index is 12.6. The molecule has 166 valence electrons. The summed E-state index contributed by atoms with van der Waals surface area (Å²) < 4.78 is 0.